The normalized spacial score (nSPS) is 13.9. The van der Waals surface area contributed by atoms with Crippen LogP contribution in [-0.4, -0.2) is 41.6 Å². The summed E-state index contributed by atoms with van der Waals surface area (Å²) < 4.78 is 10.5. The van der Waals surface area contributed by atoms with Gasteiger partial charge in [-0.3, -0.25) is 5.41 Å². The van der Waals surface area contributed by atoms with Crippen molar-refractivity contribution in [1.82, 2.24) is 9.88 Å². The molecule has 0 bridgehead atoms. The van der Waals surface area contributed by atoms with Crippen LogP contribution in [0.5, 0.6) is 11.5 Å². The third-order valence-electron chi connectivity index (χ3n) is 4.79. The molecule has 3 aromatic rings. The van der Waals surface area contributed by atoms with Crippen LogP contribution < -0.4 is 9.47 Å². The highest BCUT2D eigenvalue weighted by Gasteiger charge is 2.30. The number of benzene rings is 2. The van der Waals surface area contributed by atoms with Crippen LogP contribution >= 0.6 is 11.3 Å². The summed E-state index contributed by atoms with van der Waals surface area (Å²) in [5.41, 5.74) is 3.29. The predicted octanol–water partition coefficient (Wildman–Crippen LogP) is 4.59. The lowest BCUT2D eigenvalue weighted by Crippen LogP contribution is -2.26. The van der Waals surface area contributed by atoms with Crippen LogP contribution in [0.2, 0.25) is 0 Å². The van der Waals surface area contributed by atoms with Gasteiger partial charge in [-0.1, -0.05) is 12.1 Å². The summed E-state index contributed by atoms with van der Waals surface area (Å²) in [6.45, 7) is 0.809. The van der Waals surface area contributed by atoms with Gasteiger partial charge in [0.1, 0.15) is 28.1 Å². The number of rotatable bonds is 6. The fraction of sp³-hybridized carbons (Fsp3) is 0.182. The van der Waals surface area contributed by atoms with Gasteiger partial charge < -0.3 is 19.5 Å². The molecule has 0 amide bonds. The summed E-state index contributed by atoms with van der Waals surface area (Å²) in [4.78, 5) is 6.49. The van der Waals surface area contributed by atoms with Crippen molar-refractivity contribution in [1.29, 1.82) is 5.41 Å². The molecule has 0 radical (unpaired) electrons. The second-order valence-corrected chi connectivity index (χ2v) is 7.50. The Morgan fingerprint density at radius 1 is 1.10 bits per heavy atom. The van der Waals surface area contributed by atoms with Crippen molar-refractivity contribution in [3.63, 3.8) is 0 Å². The van der Waals surface area contributed by atoms with E-state index in [0.717, 1.165) is 28.3 Å². The summed E-state index contributed by atoms with van der Waals surface area (Å²) in [6, 6.07) is 15.4. The van der Waals surface area contributed by atoms with Gasteiger partial charge in [0, 0.05) is 17.5 Å². The lowest BCUT2D eigenvalue weighted by Gasteiger charge is -2.18. The average Bonchev–Trinajstić information content (AvgIpc) is 3.33. The number of aliphatic hydroxyl groups excluding tert-OH is 1. The number of aliphatic hydroxyl groups is 1. The number of ether oxygens (including phenoxy) is 2. The largest absolute Gasteiger partial charge is 0.510 e. The van der Waals surface area contributed by atoms with Gasteiger partial charge >= 0.3 is 0 Å². The molecule has 0 unspecified atom stereocenters. The highest BCUT2D eigenvalue weighted by molar-refractivity contribution is 7.11. The Balaban J connectivity index is 1.53. The summed E-state index contributed by atoms with van der Waals surface area (Å²) in [6.07, 6.45) is 0. The van der Waals surface area contributed by atoms with Gasteiger partial charge in [-0.2, -0.15) is 0 Å². The lowest BCUT2D eigenvalue weighted by molar-refractivity contribution is 0.346. The Kier molecular flexibility index (Phi) is 5.22. The zero-order valence-corrected chi connectivity index (χ0v) is 17.0. The maximum absolute atomic E-state index is 10.5. The number of hydrogen-bond acceptors (Lipinski definition) is 6. The van der Waals surface area contributed by atoms with E-state index < -0.39 is 0 Å². The summed E-state index contributed by atoms with van der Waals surface area (Å²) in [7, 11) is 3.26. The molecule has 7 heteroatoms. The van der Waals surface area contributed by atoms with Crippen LogP contribution in [0, 0.1) is 5.41 Å². The van der Waals surface area contributed by atoms with E-state index in [1.165, 1.54) is 11.3 Å². The third kappa shape index (κ3) is 3.82. The molecule has 1 aromatic heterocycles. The molecule has 0 saturated carbocycles. The molecule has 6 nitrogen and oxygen atoms in total. The van der Waals surface area contributed by atoms with Crippen molar-refractivity contribution in [3.8, 4) is 22.8 Å². The van der Waals surface area contributed by atoms with Crippen LogP contribution in [0.3, 0.4) is 0 Å². The molecular weight excluding hydrogens is 386 g/mol. The molecular formula is C22H21N3O3S. The van der Waals surface area contributed by atoms with Gasteiger partial charge in [0.25, 0.3) is 0 Å². The predicted molar refractivity (Wildman–Crippen MR) is 115 cm³/mol. The molecule has 0 atom stereocenters. The minimum atomic E-state index is 0.175. The van der Waals surface area contributed by atoms with Crippen molar-refractivity contribution in [3.05, 3.63) is 70.2 Å². The Morgan fingerprint density at radius 3 is 2.59 bits per heavy atom. The van der Waals surface area contributed by atoms with Crippen molar-refractivity contribution in [2.45, 2.75) is 6.54 Å². The maximum Gasteiger partial charge on any atom is 0.135 e. The van der Waals surface area contributed by atoms with Crippen molar-refractivity contribution >= 4 is 22.7 Å². The van der Waals surface area contributed by atoms with E-state index in [0.29, 0.717) is 23.7 Å². The molecule has 0 aliphatic carbocycles. The summed E-state index contributed by atoms with van der Waals surface area (Å²) >= 11 is 1.43. The lowest BCUT2D eigenvalue weighted by atomic mass is 10.1. The van der Waals surface area contributed by atoms with Crippen molar-refractivity contribution < 1.29 is 14.6 Å². The Bertz CT molecular complexity index is 1070. The average molecular weight is 407 g/mol. The molecule has 0 spiro atoms. The minimum Gasteiger partial charge on any atom is -0.510 e. The number of methoxy groups -OCH3 is 2. The first-order valence-electron chi connectivity index (χ1n) is 9.08. The smallest absolute Gasteiger partial charge is 0.135 e. The molecule has 1 aliphatic heterocycles. The third-order valence-corrected chi connectivity index (χ3v) is 5.65. The van der Waals surface area contributed by atoms with Gasteiger partial charge in [-0.25, -0.2) is 4.98 Å². The zero-order chi connectivity index (χ0) is 20.4. The number of nitrogens with one attached hydrogen (secondary N) is 1. The van der Waals surface area contributed by atoms with Gasteiger partial charge in [0.15, 0.2) is 0 Å². The second kappa shape index (κ2) is 7.97. The minimum absolute atomic E-state index is 0.175. The molecule has 148 valence electrons. The fourth-order valence-corrected chi connectivity index (χ4v) is 4.16. The van der Waals surface area contributed by atoms with Gasteiger partial charge in [-0.15, -0.1) is 11.3 Å². The quantitative estimate of drug-likeness (QED) is 0.625. The van der Waals surface area contributed by atoms with E-state index in [2.05, 4.69) is 4.98 Å². The first-order valence-corrected chi connectivity index (χ1v) is 9.96. The van der Waals surface area contributed by atoms with Crippen LogP contribution in [0.1, 0.15) is 10.6 Å². The molecule has 4 rings (SSSR count). The first-order chi connectivity index (χ1) is 14.1. The highest BCUT2D eigenvalue weighted by atomic mass is 32.1. The summed E-state index contributed by atoms with van der Waals surface area (Å²) in [5, 5.41) is 21.7. The van der Waals surface area contributed by atoms with E-state index in [1.807, 2.05) is 58.8 Å². The topological polar surface area (TPSA) is 78.7 Å². The molecule has 2 aromatic carbocycles. The van der Waals surface area contributed by atoms with E-state index in [1.54, 1.807) is 14.2 Å². The number of nitrogens with zero attached hydrogens (tertiary/aromatic N) is 2. The molecule has 0 saturated heterocycles. The highest BCUT2D eigenvalue weighted by Crippen LogP contribution is 2.33. The van der Waals surface area contributed by atoms with Crippen LogP contribution in [0.25, 0.3) is 16.8 Å². The van der Waals surface area contributed by atoms with Crippen LogP contribution in [-0.2, 0) is 6.54 Å². The SMILES string of the molecule is COc1ccc(-c2csc(C3=C(O)CN(Cc4cccc(OC)c4)C3=N)n2)cc1. The van der Waals surface area contributed by atoms with E-state index in [9.17, 15) is 5.11 Å². The number of amidine groups is 1. The second-order valence-electron chi connectivity index (χ2n) is 6.64. The van der Waals surface area contributed by atoms with E-state index in [-0.39, 0.29) is 11.6 Å². The molecule has 1 aliphatic rings. The molecule has 0 fully saturated rings. The van der Waals surface area contributed by atoms with Crippen molar-refractivity contribution in [2.75, 3.05) is 20.8 Å². The number of thiazole rings is 1. The van der Waals surface area contributed by atoms with Crippen LogP contribution in [0.15, 0.2) is 59.7 Å². The molecule has 2 heterocycles. The summed E-state index contributed by atoms with van der Waals surface area (Å²) in [5.74, 6) is 2.01. The van der Waals surface area contributed by atoms with Gasteiger partial charge in [0.05, 0.1) is 32.0 Å². The van der Waals surface area contributed by atoms with E-state index in [4.69, 9.17) is 14.9 Å². The first kappa shape index (κ1) is 19.0. The zero-order valence-electron chi connectivity index (χ0n) is 16.2. The van der Waals surface area contributed by atoms with Crippen LogP contribution in [0.4, 0.5) is 0 Å². The monoisotopic (exact) mass is 407 g/mol. The maximum atomic E-state index is 10.5. The van der Waals surface area contributed by atoms with Gasteiger partial charge in [0.2, 0.25) is 0 Å². The van der Waals surface area contributed by atoms with E-state index >= 15 is 0 Å². The number of hydrogen-bond donors (Lipinski definition) is 2. The molecule has 29 heavy (non-hydrogen) atoms. The number of aromatic nitrogens is 1. The van der Waals surface area contributed by atoms with Crippen molar-refractivity contribution in [2.24, 2.45) is 0 Å². The standard InChI is InChI=1S/C22H21N3O3S/c1-27-16-8-6-15(7-9-16)18-13-29-22(24-18)20-19(26)12-25(21(20)23)11-14-4-3-5-17(10-14)28-2/h3-10,13,23,26H,11-12H2,1-2H3. The molecule has 2 N–H and O–H groups in total. The Labute approximate surface area is 173 Å². The fourth-order valence-electron chi connectivity index (χ4n) is 3.27. The Morgan fingerprint density at radius 2 is 1.86 bits per heavy atom. The Hall–Kier alpha value is -3.32. The van der Waals surface area contributed by atoms with Gasteiger partial charge in [-0.05, 0) is 42.0 Å².